The predicted molar refractivity (Wildman–Crippen MR) is 69.4 cm³/mol. The van der Waals surface area contributed by atoms with Gasteiger partial charge in [-0.05, 0) is 11.5 Å². The number of aromatic nitrogens is 1. The fraction of sp³-hybridized carbons (Fsp3) is 0.167. The zero-order valence-corrected chi connectivity index (χ0v) is 10.1. The van der Waals surface area contributed by atoms with Crippen LogP contribution < -0.4 is 0 Å². The van der Waals surface area contributed by atoms with Gasteiger partial charge in [0.25, 0.3) is 0 Å². The summed E-state index contributed by atoms with van der Waals surface area (Å²) >= 11 is 1.41. The summed E-state index contributed by atoms with van der Waals surface area (Å²) in [6, 6.07) is 12.1. The molecule has 0 radical (unpaired) electrons. The molecule has 4 heteroatoms. The van der Waals surface area contributed by atoms with Gasteiger partial charge in [0.15, 0.2) is 0 Å². The molecule has 0 atom stereocenters. The van der Waals surface area contributed by atoms with Gasteiger partial charge in [-0.3, -0.25) is 0 Å². The van der Waals surface area contributed by atoms with Gasteiger partial charge in [-0.15, -0.1) is 0 Å². The highest BCUT2D eigenvalue weighted by molar-refractivity contribution is 7.10. The predicted octanol–water partition coefficient (Wildman–Crippen LogP) is 3.03. The standard InChI is InChI=1S/C12H13N3S/c1-15(2)9-13-12-8-11(14-16-12)10-6-4-3-5-7-10/h3-9H,1-2H3/b13-9+. The number of benzene rings is 1. The minimum absolute atomic E-state index is 0.924. The lowest BCUT2D eigenvalue weighted by atomic mass is 10.2. The Balaban J connectivity index is 2.20. The van der Waals surface area contributed by atoms with Crippen molar-refractivity contribution in [3.05, 3.63) is 36.4 Å². The van der Waals surface area contributed by atoms with E-state index in [1.54, 1.807) is 6.34 Å². The molecule has 0 bridgehead atoms. The van der Waals surface area contributed by atoms with Crippen molar-refractivity contribution in [1.82, 2.24) is 9.27 Å². The van der Waals surface area contributed by atoms with Crippen LogP contribution in [0.2, 0.25) is 0 Å². The van der Waals surface area contributed by atoms with Crippen LogP contribution in [0.15, 0.2) is 41.4 Å². The number of hydrogen-bond acceptors (Lipinski definition) is 3. The molecule has 1 heterocycles. The van der Waals surface area contributed by atoms with Crippen molar-refractivity contribution in [2.24, 2.45) is 4.99 Å². The molecule has 16 heavy (non-hydrogen) atoms. The van der Waals surface area contributed by atoms with Crippen molar-refractivity contribution in [2.45, 2.75) is 0 Å². The Morgan fingerprint density at radius 2 is 2.00 bits per heavy atom. The van der Waals surface area contributed by atoms with Crippen LogP contribution in [0.3, 0.4) is 0 Å². The quantitative estimate of drug-likeness (QED) is 0.600. The summed E-state index contributed by atoms with van der Waals surface area (Å²) in [6.07, 6.45) is 1.78. The molecule has 0 saturated carbocycles. The third kappa shape index (κ3) is 2.67. The van der Waals surface area contributed by atoms with Crippen LogP contribution in [0.5, 0.6) is 0 Å². The van der Waals surface area contributed by atoms with Crippen molar-refractivity contribution < 1.29 is 0 Å². The van der Waals surface area contributed by atoms with E-state index in [2.05, 4.69) is 21.5 Å². The Hall–Kier alpha value is -1.68. The SMILES string of the molecule is CN(C)/C=N/c1cc(-c2ccccc2)ns1. The Bertz CT molecular complexity index is 474. The van der Waals surface area contributed by atoms with Crippen LogP contribution in [0.4, 0.5) is 5.00 Å². The summed E-state index contributed by atoms with van der Waals surface area (Å²) in [6.45, 7) is 0. The zero-order valence-electron chi connectivity index (χ0n) is 9.29. The number of aliphatic imine (C=N–C) groups is 1. The second kappa shape index (κ2) is 4.90. The fourth-order valence-corrected chi connectivity index (χ4v) is 1.85. The van der Waals surface area contributed by atoms with E-state index >= 15 is 0 Å². The second-order valence-corrected chi connectivity index (χ2v) is 4.41. The van der Waals surface area contributed by atoms with Crippen molar-refractivity contribution in [3.8, 4) is 11.3 Å². The van der Waals surface area contributed by atoms with E-state index in [1.807, 2.05) is 43.3 Å². The molecule has 0 aliphatic heterocycles. The van der Waals surface area contributed by atoms with Gasteiger partial charge in [0, 0.05) is 25.7 Å². The van der Waals surface area contributed by atoms with Gasteiger partial charge < -0.3 is 4.90 Å². The van der Waals surface area contributed by atoms with E-state index < -0.39 is 0 Å². The van der Waals surface area contributed by atoms with Crippen molar-refractivity contribution in [1.29, 1.82) is 0 Å². The third-order valence-corrected chi connectivity index (χ3v) is 2.68. The summed E-state index contributed by atoms with van der Waals surface area (Å²) in [5.74, 6) is 0. The molecule has 0 unspecified atom stereocenters. The highest BCUT2D eigenvalue weighted by atomic mass is 32.1. The molecule has 0 amide bonds. The van der Waals surface area contributed by atoms with Crippen LogP contribution >= 0.6 is 11.5 Å². The van der Waals surface area contributed by atoms with Gasteiger partial charge in [0.05, 0.1) is 12.0 Å². The van der Waals surface area contributed by atoms with E-state index in [4.69, 9.17) is 0 Å². The summed E-state index contributed by atoms with van der Waals surface area (Å²) in [4.78, 5) is 6.21. The summed E-state index contributed by atoms with van der Waals surface area (Å²) in [5.41, 5.74) is 2.11. The molecule has 0 aliphatic carbocycles. The molecule has 1 aromatic carbocycles. The molecule has 0 spiro atoms. The van der Waals surface area contributed by atoms with Crippen molar-refractivity contribution in [2.75, 3.05) is 14.1 Å². The monoisotopic (exact) mass is 231 g/mol. The van der Waals surface area contributed by atoms with E-state index in [9.17, 15) is 0 Å². The molecule has 3 nitrogen and oxygen atoms in total. The maximum absolute atomic E-state index is 4.37. The van der Waals surface area contributed by atoms with E-state index in [-0.39, 0.29) is 0 Å². The zero-order chi connectivity index (χ0) is 11.4. The van der Waals surface area contributed by atoms with Crippen molar-refractivity contribution in [3.63, 3.8) is 0 Å². The van der Waals surface area contributed by atoms with E-state index in [0.29, 0.717) is 0 Å². The van der Waals surface area contributed by atoms with E-state index in [0.717, 1.165) is 16.3 Å². The topological polar surface area (TPSA) is 28.5 Å². The molecule has 0 fully saturated rings. The minimum Gasteiger partial charge on any atom is -0.369 e. The first kappa shape index (κ1) is 10.8. The first-order valence-electron chi connectivity index (χ1n) is 4.98. The van der Waals surface area contributed by atoms with E-state index in [1.165, 1.54) is 11.5 Å². The maximum Gasteiger partial charge on any atom is 0.138 e. The minimum atomic E-state index is 0.924. The lowest BCUT2D eigenvalue weighted by Crippen LogP contribution is -2.06. The molecular formula is C12H13N3S. The molecular weight excluding hydrogens is 218 g/mol. The van der Waals surface area contributed by atoms with Crippen LogP contribution in [-0.2, 0) is 0 Å². The van der Waals surface area contributed by atoms with Crippen molar-refractivity contribution >= 4 is 22.9 Å². The second-order valence-electron chi connectivity index (χ2n) is 3.62. The molecule has 0 N–H and O–H groups in total. The van der Waals surface area contributed by atoms with Gasteiger partial charge in [-0.1, -0.05) is 30.3 Å². The van der Waals surface area contributed by atoms with Crippen LogP contribution in [0, 0.1) is 0 Å². The fourth-order valence-electron chi connectivity index (χ4n) is 1.24. The lowest BCUT2D eigenvalue weighted by molar-refractivity contribution is 0.643. The summed E-state index contributed by atoms with van der Waals surface area (Å²) in [7, 11) is 3.89. The average Bonchev–Trinajstić information content (AvgIpc) is 2.76. The Morgan fingerprint density at radius 3 is 2.69 bits per heavy atom. The highest BCUT2D eigenvalue weighted by Crippen LogP contribution is 2.26. The Labute approximate surface area is 99.2 Å². The molecule has 2 aromatic rings. The van der Waals surface area contributed by atoms with Gasteiger partial charge >= 0.3 is 0 Å². The number of nitrogens with zero attached hydrogens (tertiary/aromatic N) is 3. The molecule has 1 aromatic heterocycles. The first-order valence-corrected chi connectivity index (χ1v) is 5.76. The largest absolute Gasteiger partial charge is 0.369 e. The maximum atomic E-state index is 4.37. The number of hydrogen-bond donors (Lipinski definition) is 0. The van der Waals surface area contributed by atoms with Crippen LogP contribution in [0.1, 0.15) is 0 Å². The van der Waals surface area contributed by atoms with Gasteiger partial charge in [-0.25, -0.2) is 4.99 Å². The molecule has 2 rings (SSSR count). The molecule has 82 valence electrons. The Kier molecular flexibility index (Phi) is 3.31. The summed E-state index contributed by atoms with van der Waals surface area (Å²) in [5, 5.41) is 0.924. The first-order chi connectivity index (χ1) is 7.75. The number of rotatable bonds is 3. The smallest absolute Gasteiger partial charge is 0.138 e. The van der Waals surface area contributed by atoms with Gasteiger partial charge in [0.2, 0.25) is 0 Å². The van der Waals surface area contributed by atoms with Gasteiger partial charge in [-0.2, -0.15) is 4.37 Å². The lowest BCUT2D eigenvalue weighted by Gasteiger charge is -1.99. The third-order valence-electron chi connectivity index (χ3n) is 1.98. The van der Waals surface area contributed by atoms with Crippen LogP contribution in [0.25, 0.3) is 11.3 Å². The average molecular weight is 231 g/mol. The summed E-state index contributed by atoms with van der Waals surface area (Å²) < 4.78 is 4.37. The van der Waals surface area contributed by atoms with Gasteiger partial charge in [0.1, 0.15) is 5.00 Å². The molecule has 0 aliphatic rings. The normalized spacial score (nSPS) is 10.9. The Morgan fingerprint density at radius 1 is 1.25 bits per heavy atom. The van der Waals surface area contributed by atoms with Crippen LogP contribution in [-0.4, -0.2) is 29.7 Å². The molecule has 0 saturated heterocycles. The highest BCUT2D eigenvalue weighted by Gasteiger charge is 2.02.